The number of para-hydroxylation sites is 1. The SMILES string of the molecule is COc1cccc(CNc2ccc3c(c2)OCO3)c1OCc1ccccc1Cl. The van der Waals surface area contributed by atoms with Crippen molar-refractivity contribution in [2.24, 2.45) is 0 Å². The van der Waals surface area contributed by atoms with Crippen molar-refractivity contribution in [2.75, 3.05) is 19.2 Å². The molecule has 3 aromatic carbocycles. The number of benzene rings is 3. The minimum Gasteiger partial charge on any atom is -0.493 e. The molecule has 0 fully saturated rings. The summed E-state index contributed by atoms with van der Waals surface area (Å²) in [5, 5.41) is 4.07. The smallest absolute Gasteiger partial charge is 0.231 e. The summed E-state index contributed by atoms with van der Waals surface area (Å²) < 4.78 is 22.4. The van der Waals surface area contributed by atoms with E-state index in [9.17, 15) is 0 Å². The fourth-order valence-electron chi connectivity index (χ4n) is 2.99. The molecule has 1 aliphatic rings. The molecule has 4 rings (SSSR count). The standard InChI is InChI=1S/C22H20ClNO4/c1-25-20-8-4-6-15(22(20)26-13-16-5-2-3-7-18(16)23)12-24-17-9-10-19-21(11-17)28-14-27-19/h2-11,24H,12-14H2,1H3. The molecule has 28 heavy (non-hydrogen) atoms. The number of hydrogen-bond acceptors (Lipinski definition) is 5. The molecule has 1 aliphatic heterocycles. The van der Waals surface area contributed by atoms with Crippen LogP contribution in [-0.2, 0) is 13.2 Å². The minimum atomic E-state index is 0.259. The predicted octanol–water partition coefficient (Wildman–Crippen LogP) is 5.27. The molecule has 0 saturated carbocycles. The van der Waals surface area contributed by atoms with Crippen molar-refractivity contribution in [1.29, 1.82) is 0 Å². The Labute approximate surface area is 168 Å². The van der Waals surface area contributed by atoms with Gasteiger partial charge in [0.1, 0.15) is 6.61 Å². The molecule has 1 heterocycles. The highest BCUT2D eigenvalue weighted by Crippen LogP contribution is 2.36. The number of hydrogen-bond donors (Lipinski definition) is 1. The zero-order valence-corrected chi connectivity index (χ0v) is 16.2. The van der Waals surface area contributed by atoms with Crippen molar-refractivity contribution in [3.8, 4) is 23.0 Å². The van der Waals surface area contributed by atoms with Crippen LogP contribution in [0.25, 0.3) is 0 Å². The van der Waals surface area contributed by atoms with Crippen molar-refractivity contribution in [1.82, 2.24) is 0 Å². The van der Waals surface area contributed by atoms with Gasteiger partial charge in [-0.1, -0.05) is 41.9 Å². The second-order valence-electron chi connectivity index (χ2n) is 6.25. The first-order valence-electron chi connectivity index (χ1n) is 8.90. The molecule has 0 unspecified atom stereocenters. The third kappa shape index (κ3) is 3.94. The Morgan fingerprint density at radius 1 is 0.964 bits per heavy atom. The fourth-order valence-corrected chi connectivity index (χ4v) is 3.18. The first kappa shape index (κ1) is 18.3. The van der Waals surface area contributed by atoms with E-state index in [0.29, 0.717) is 29.7 Å². The second kappa shape index (κ2) is 8.31. The van der Waals surface area contributed by atoms with Gasteiger partial charge < -0.3 is 24.3 Å². The third-order valence-electron chi connectivity index (χ3n) is 4.47. The summed E-state index contributed by atoms with van der Waals surface area (Å²) in [4.78, 5) is 0. The Balaban J connectivity index is 1.51. The van der Waals surface area contributed by atoms with Gasteiger partial charge in [0.2, 0.25) is 6.79 Å². The van der Waals surface area contributed by atoms with Gasteiger partial charge in [-0.25, -0.2) is 0 Å². The van der Waals surface area contributed by atoms with Gasteiger partial charge in [-0.2, -0.15) is 0 Å². The summed E-state index contributed by atoms with van der Waals surface area (Å²) in [7, 11) is 1.63. The van der Waals surface area contributed by atoms with Gasteiger partial charge in [0.05, 0.1) is 7.11 Å². The van der Waals surface area contributed by atoms with E-state index in [-0.39, 0.29) is 6.79 Å². The van der Waals surface area contributed by atoms with Crippen LogP contribution in [0.1, 0.15) is 11.1 Å². The number of halogens is 1. The Morgan fingerprint density at radius 2 is 1.79 bits per heavy atom. The highest BCUT2D eigenvalue weighted by atomic mass is 35.5. The average molecular weight is 398 g/mol. The van der Waals surface area contributed by atoms with Crippen LogP contribution in [0.15, 0.2) is 60.7 Å². The van der Waals surface area contributed by atoms with E-state index in [1.807, 2.05) is 60.7 Å². The first-order valence-corrected chi connectivity index (χ1v) is 9.28. The number of ether oxygens (including phenoxy) is 4. The van der Waals surface area contributed by atoms with Crippen molar-refractivity contribution in [2.45, 2.75) is 13.2 Å². The lowest BCUT2D eigenvalue weighted by molar-refractivity contribution is 0.174. The Bertz CT molecular complexity index is 977. The number of fused-ring (bicyclic) bond motifs is 1. The van der Waals surface area contributed by atoms with Crippen molar-refractivity contribution in [3.63, 3.8) is 0 Å². The molecule has 0 spiro atoms. The summed E-state index contributed by atoms with van der Waals surface area (Å²) in [6.07, 6.45) is 0. The van der Waals surface area contributed by atoms with Gasteiger partial charge >= 0.3 is 0 Å². The molecule has 5 nitrogen and oxygen atoms in total. The lowest BCUT2D eigenvalue weighted by Gasteiger charge is -2.16. The molecule has 0 radical (unpaired) electrons. The van der Waals surface area contributed by atoms with E-state index in [1.165, 1.54) is 0 Å². The van der Waals surface area contributed by atoms with Gasteiger partial charge in [-0.05, 0) is 24.3 Å². The quantitative estimate of drug-likeness (QED) is 0.588. The van der Waals surface area contributed by atoms with Gasteiger partial charge in [-0.3, -0.25) is 0 Å². The van der Waals surface area contributed by atoms with Crippen molar-refractivity contribution in [3.05, 3.63) is 76.8 Å². The normalized spacial score (nSPS) is 11.9. The summed E-state index contributed by atoms with van der Waals surface area (Å²) in [5.74, 6) is 2.87. The molecule has 0 bridgehead atoms. The van der Waals surface area contributed by atoms with Crippen LogP contribution < -0.4 is 24.3 Å². The highest BCUT2D eigenvalue weighted by Gasteiger charge is 2.15. The lowest BCUT2D eigenvalue weighted by atomic mass is 10.1. The lowest BCUT2D eigenvalue weighted by Crippen LogP contribution is -2.05. The molecule has 144 valence electrons. The van der Waals surface area contributed by atoms with E-state index >= 15 is 0 Å². The van der Waals surface area contributed by atoms with E-state index in [1.54, 1.807) is 7.11 Å². The molecular formula is C22H20ClNO4. The Kier molecular flexibility index (Phi) is 5.44. The van der Waals surface area contributed by atoms with Crippen molar-refractivity contribution >= 4 is 17.3 Å². The molecule has 0 saturated heterocycles. The van der Waals surface area contributed by atoms with E-state index in [2.05, 4.69) is 5.32 Å². The second-order valence-corrected chi connectivity index (χ2v) is 6.66. The largest absolute Gasteiger partial charge is 0.493 e. The number of anilines is 1. The van der Waals surface area contributed by atoms with E-state index in [0.717, 1.165) is 28.3 Å². The molecule has 0 aromatic heterocycles. The van der Waals surface area contributed by atoms with Gasteiger partial charge in [0, 0.05) is 34.4 Å². The molecule has 1 N–H and O–H groups in total. The topological polar surface area (TPSA) is 49.0 Å². The zero-order chi connectivity index (χ0) is 19.3. The maximum absolute atomic E-state index is 6.25. The maximum Gasteiger partial charge on any atom is 0.231 e. The van der Waals surface area contributed by atoms with Crippen molar-refractivity contribution < 1.29 is 18.9 Å². The maximum atomic E-state index is 6.25. The van der Waals surface area contributed by atoms with Crippen LogP contribution in [0.5, 0.6) is 23.0 Å². The highest BCUT2D eigenvalue weighted by molar-refractivity contribution is 6.31. The van der Waals surface area contributed by atoms with Crippen LogP contribution in [0, 0.1) is 0 Å². The number of rotatable bonds is 7. The van der Waals surface area contributed by atoms with Gasteiger partial charge in [0.15, 0.2) is 23.0 Å². The van der Waals surface area contributed by atoms with Crippen LogP contribution >= 0.6 is 11.6 Å². The van der Waals surface area contributed by atoms with Crippen LogP contribution in [0.3, 0.4) is 0 Å². The monoisotopic (exact) mass is 397 g/mol. The molecule has 6 heteroatoms. The Morgan fingerprint density at radius 3 is 2.64 bits per heavy atom. The summed E-state index contributed by atoms with van der Waals surface area (Å²) in [6.45, 7) is 1.18. The zero-order valence-electron chi connectivity index (χ0n) is 15.4. The molecule has 0 amide bonds. The molecule has 3 aromatic rings. The van der Waals surface area contributed by atoms with Crippen LogP contribution in [-0.4, -0.2) is 13.9 Å². The number of methoxy groups -OCH3 is 1. The third-order valence-corrected chi connectivity index (χ3v) is 4.83. The molecular weight excluding hydrogens is 378 g/mol. The van der Waals surface area contributed by atoms with E-state index < -0.39 is 0 Å². The fraction of sp³-hybridized carbons (Fsp3) is 0.182. The molecule has 0 atom stereocenters. The van der Waals surface area contributed by atoms with Crippen LogP contribution in [0.2, 0.25) is 5.02 Å². The van der Waals surface area contributed by atoms with Gasteiger partial charge in [0.25, 0.3) is 0 Å². The summed E-state index contributed by atoms with van der Waals surface area (Å²) in [6, 6.07) is 19.2. The van der Waals surface area contributed by atoms with Gasteiger partial charge in [-0.15, -0.1) is 0 Å². The van der Waals surface area contributed by atoms with Crippen LogP contribution in [0.4, 0.5) is 5.69 Å². The summed E-state index contributed by atoms with van der Waals surface area (Å²) in [5.41, 5.74) is 2.83. The predicted molar refractivity (Wildman–Crippen MR) is 109 cm³/mol. The van der Waals surface area contributed by atoms with E-state index in [4.69, 9.17) is 30.5 Å². The minimum absolute atomic E-state index is 0.259. The summed E-state index contributed by atoms with van der Waals surface area (Å²) >= 11 is 6.25. The average Bonchev–Trinajstić information content (AvgIpc) is 3.19. The molecule has 0 aliphatic carbocycles. The Hall–Kier alpha value is -3.05. The number of nitrogens with one attached hydrogen (secondary N) is 1. The first-order chi connectivity index (χ1) is 13.7.